The normalized spacial score (nSPS) is 47.3. The van der Waals surface area contributed by atoms with Gasteiger partial charge in [0.25, 0.3) is 0 Å². The van der Waals surface area contributed by atoms with Gasteiger partial charge in [0.2, 0.25) is 0 Å². The van der Waals surface area contributed by atoms with E-state index in [9.17, 15) is 4.79 Å². The van der Waals surface area contributed by atoms with Gasteiger partial charge >= 0.3 is 0 Å². The molecule has 3 saturated carbocycles. The molecule has 0 aliphatic heterocycles. The van der Waals surface area contributed by atoms with Crippen LogP contribution >= 0.6 is 0 Å². The first-order valence-electron chi connectivity index (χ1n) is 7.59. The van der Waals surface area contributed by atoms with Gasteiger partial charge in [-0.1, -0.05) is 26.3 Å². The average Bonchev–Trinajstić information content (AvgIpc) is 2.69. The zero-order valence-corrected chi connectivity index (χ0v) is 12.3. The summed E-state index contributed by atoms with van der Waals surface area (Å²) >= 11 is 0. The molecule has 0 radical (unpaired) electrons. The second kappa shape index (κ2) is 3.71. The molecule has 0 amide bonds. The van der Waals surface area contributed by atoms with Gasteiger partial charge in [-0.25, -0.2) is 0 Å². The third-order valence-electron chi connectivity index (χ3n) is 6.56. The third-order valence-corrected chi connectivity index (χ3v) is 6.56. The smallest absolute Gasteiger partial charge is 0.152 e. The molecule has 3 rings (SSSR count). The van der Waals surface area contributed by atoms with Gasteiger partial charge in [0.05, 0.1) is 0 Å². The lowest BCUT2D eigenvalue weighted by Gasteiger charge is -2.37. The van der Waals surface area contributed by atoms with Crippen LogP contribution in [0.1, 0.15) is 59.8 Å². The monoisotopic (exact) mass is 246 g/mol. The van der Waals surface area contributed by atoms with Crippen LogP contribution in [0.2, 0.25) is 0 Å². The Morgan fingerprint density at radius 2 is 2.06 bits per heavy atom. The highest BCUT2D eigenvalue weighted by Gasteiger charge is 2.63. The summed E-state index contributed by atoms with van der Waals surface area (Å²) in [4.78, 5) is 11.5. The molecule has 1 nitrogen and oxygen atoms in total. The number of fused-ring (bicyclic) bond motifs is 1. The predicted octanol–water partition coefficient (Wildman–Crippen LogP) is 4.37. The summed E-state index contributed by atoms with van der Waals surface area (Å²) in [6.07, 6.45) is 8.52. The Labute approximate surface area is 111 Å². The van der Waals surface area contributed by atoms with Crippen molar-refractivity contribution < 1.29 is 4.79 Å². The number of allylic oxidation sites excluding steroid dienone is 2. The summed E-state index contributed by atoms with van der Waals surface area (Å²) in [7, 11) is 0. The van der Waals surface area contributed by atoms with E-state index in [2.05, 4.69) is 20.8 Å². The molecule has 0 saturated heterocycles. The van der Waals surface area contributed by atoms with Crippen LogP contribution in [0.15, 0.2) is 11.6 Å². The third kappa shape index (κ3) is 1.42. The number of hydrogen-bond acceptors (Lipinski definition) is 1. The lowest BCUT2D eigenvalue weighted by Crippen LogP contribution is -2.28. The Morgan fingerprint density at radius 1 is 1.33 bits per heavy atom. The molecular weight excluding hydrogens is 220 g/mol. The fraction of sp³-hybridized carbons (Fsp3) is 0.824. The van der Waals surface area contributed by atoms with Crippen LogP contribution in [-0.4, -0.2) is 5.78 Å². The summed E-state index contributed by atoms with van der Waals surface area (Å²) in [6, 6.07) is 0. The fourth-order valence-electron chi connectivity index (χ4n) is 5.84. The van der Waals surface area contributed by atoms with Crippen LogP contribution < -0.4 is 0 Å². The largest absolute Gasteiger partial charge is 0.295 e. The molecule has 1 heteroatoms. The molecular formula is C17H26O. The molecule has 1 spiro atoms. The summed E-state index contributed by atoms with van der Waals surface area (Å²) < 4.78 is 0. The van der Waals surface area contributed by atoms with E-state index in [1.54, 1.807) is 6.92 Å². The van der Waals surface area contributed by atoms with Crippen molar-refractivity contribution in [2.45, 2.75) is 59.8 Å². The van der Waals surface area contributed by atoms with E-state index in [0.29, 0.717) is 10.8 Å². The Balaban J connectivity index is 2.05. The van der Waals surface area contributed by atoms with Crippen LogP contribution in [0, 0.1) is 28.6 Å². The molecule has 4 atom stereocenters. The maximum absolute atomic E-state index is 11.5. The van der Waals surface area contributed by atoms with Crippen molar-refractivity contribution in [3.05, 3.63) is 11.6 Å². The summed E-state index contributed by atoms with van der Waals surface area (Å²) in [5.41, 5.74) is 2.39. The van der Waals surface area contributed by atoms with Crippen molar-refractivity contribution in [3.8, 4) is 0 Å². The van der Waals surface area contributed by atoms with Crippen LogP contribution in [0.25, 0.3) is 0 Å². The first-order chi connectivity index (χ1) is 8.38. The van der Waals surface area contributed by atoms with E-state index in [1.807, 2.05) is 6.08 Å². The molecule has 0 unspecified atom stereocenters. The van der Waals surface area contributed by atoms with Gasteiger partial charge in [-0.15, -0.1) is 0 Å². The molecule has 0 N–H and O–H groups in total. The van der Waals surface area contributed by atoms with Crippen LogP contribution in [-0.2, 0) is 4.79 Å². The molecule has 2 bridgehead atoms. The zero-order valence-electron chi connectivity index (χ0n) is 12.3. The number of hydrogen-bond donors (Lipinski definition) is 0. The van der Waals surface area contributed by atoms with Gasteiger partial charge in [-0.05, 0) is 73.7 Å². The SMILES string of the molecule is CC(=O)C=C1CC[C@H]2C(C)(C)[C@@H]3C[C@]12CC[C@H]3C. The molecule has 3 fully saturated rings. The topological polar surface area (TPSA) is 17.1 Å². The second-order valence-corrected chi connectivity index (χ2v) is 7.68. The van der Waals surface area contributed by atoms with E-state index in [-0.39, 0.29) is 5.78 Å². The molecule has 0 aromatic rings. The molecule has 0 aromatic carbocycles. The zero-order chi connectivity index (χ0) is 13.1. The van der Waals surface area contributed by atoms with Crippen LogP contribution in [0.3, 0.4) is 0 Å². The van der Waals surface area contributed by atoms with E-state index >= 15 is 0 Å². The minimum Gasteiger partial charge on any atom is -0.295 e. The Kier molecular flexibility index (Phi) is 2.56. The average molecular weight is 246 g/mol. The first kappa shape index (κ1) is 12.4. The Bertz CT molecular complexity index is 417. The summed E-state index contributed by atoms with van der Waals surface area (Å²) in [6.45, 7) is 9.12. The van der Waals surface area contributed by atoms with E-state index in [4.69, 9.17) is 0 Å². The first-order valence-corrected chi connectivity index (χ1v) is 7.59. The maximum atomic E-state index is 11.5. The lowest BCUT2D eigenvalue weighted by molar-refractivity contribution is -0.112. The number of ketones is 1. The van der Waals surface area contributed by atoms with Gasteiger partial charge in [0.1, 0.15) is 0 Å². The van der Waals surface area contributed by atoms with Crippen molar-refractivity contribution in [1.82, 2.24) is 0 Å². The Morgan fingerprint density at radius 3 is 2.72 bits per heavy atom. The van der Waals surface area contributed by atoms with Crippen LogP contribution in [0.4, 0.5) is 0 Å². The van der Waals surface area contributed by atoms with Gasteiger partial charge in [-0.2, -0.15) is 0 Å². The maximum Gasteiger partial charge on any atom is 0.152 e. The molecule has 100 valence electrons. The fourth-order valence-corrected chi connectivity index (χ4v) is 5.84. The van der Waals surface area contributed by atoms with Crippen molar-refractivity contribution >= 4 is 5.78 Å². The lowest BCUT2D eigenvalue weighted by atomic mass is 9.67. The highest BCUT2D eigenvalue weighted by atomic mass is 16.1. The second-order valence-electron chi connectivity index (χ2n) is 7.68. The van der Waals surface area contributed by atoms with Gasteiger partial charge in [0, 0.05) is 0 Å². The van der Waals surface area contributed by atoms with Gasteiger partial charge < -0.3 is 0 Å². The van der Waals surface area contributed by atoms with Crippen molar-refractivity contribution in [2.24, 2.45) is 28.6 Å². The number of carbonyl (C=O) groups excluding carboxylic acids is 1. The highest BCUT2D eigenvalue weighted by molar-refractivity contribution is 5.88. The minimum atomic E-state index is 0.250. The van der Waals surface area contributed by atoms with Gasteiger partial charge in [0.15, 0.2) is 5.78 Å². The Hall–Kier alpha value is -0.590. The standard InChI is InChI=1S/C17H26O/c1-11-7-8-17-10-14(11)16(3,4)15(17)6-5-13(17)9-12(2)18/h9,11,14-15H,5-8,10H2,1-4H3/t11-,14-,15+,17-/m1/s1. The van der Waals surface area contributed by atoms with Crippen molar-refractivity contribution in [2.75, 3.05) is 0 Å². The van der Waals surface area contributed by atoms with E-state index in [0.717, 1.165) is 17.8 Å². The summed E-state index contributed by atoms with van der Waals surface area (Å²) in [5.74, 6) is 2.81. The number of carbonyl (C=O) groups is 1. The quantitative estimate of drug-likeness (QED) is 0.628. The molecule has 18 heavy (non-hydrogen) atoms. The van der Waals surface area contributed by atoms with Gasteiger partial charge in [-0.3, -0.25) is 4.79 Å². The highest BCUT2D eigenvalue weighted by Crippen LogP contribution is 2.72. The van der Waals surface area contributed by atoms with Crippen molar-refractivity contribution in [3.63, 3.8) is 0 Å². The minimum absolute atomic E-state index is 0.250. The molecule has 0 heterocycles. The molecule has 0 aromatic heterocycles. The number of rotatable bonds is 1. The molecule has 3 aliphatic rings. The van der Waals surface area contributed by atoms with E-state index in [1.165, 1.54) is 37.7 Å². The van der Waals surface area contributed by atoms with Crippen LogP contribution in [0.5, 0.6) is 0 Å². The molecule has 3 aliphatic carbocycles. The van der Waals surface area contributed by atoms with Crippen molar-refractivity contribution in [1.29, 1.82) is 0 Å². The van der Waals surface area contributed by atoms with E-state index < -0.39 is 0 Å². The summed E-state index contributed by atoms with van der Waals surface area (Å²) in [5, 5.41) is 0. The predicted molar refractivity (Wildman–Crippen MR) is 74.2 cm³/mol.